The minimum atomic E-state index is -0.168. The second kappa shape index (κ2) is 4.51. The van der Waals surface area contributed by atoms with Crippen LogP contribution in [0.15, 0.2) is 0 Å². The van der Waals surface area contributed by atoms with E-state index in [0.717, 1.165) is 24.1 Å². The molecule has 118 valence electrons. The molecule has 21 heavy (non-hydrogen) atoms. The molecule has 5 aliphatic rings. The van der Waals surface area contributed by atoms with Gasteiger partial charge < -0.3 is 9.31 Å². The molecule has 5 fully saturated rings. The summed E-state index contributed by atoms with van der Waals surface area (Å²) >= 11 is 0. The first-order chi connectivity index (χ1) is 9.77. The van der Waals surface area contributed by atoms with Crippen LogP contribution < -0.4 is 0 Å². The summed E-state index contributed by atoms with van der Waals surface area (Å²) in [5, 5.41) is 0. The monoisotopic (exact) mass is 290 g/mol. The van der Waals surface area contributed by atoms with Gasteiger partial charge in [0, 0.05) is 0 Å². The summed E-state index contributed by atoms with van der Waals surface area (Å²) in [6, 6.07) is 0. The maximum absolute atomic E-state index is 6.21. The molecule has 5 rings (SSSR count). The normalized spacial score (nSPS) is 46.3. The van der Waals surface area contributed by atoms with Crippen molar-refractivity contribution in [2.45, 2.75) is 90.2 Å². The first kappa shape index (κ1) is 14.6. The van der Waals surface area contributed by atoms with Gasteiger partial charge in [-0.25, -0.2) is 0 Å². The first-order valence-electron chi connectivity index (χ1n) is 9.13. The van der Waals surface area contributed by atoms with Gasteiger partial charge in [-0.2, -0.15) is 0 Å². The van der Waals surface area contributed by atoms with Crippen molar-refractivity contribution in [2.24, 2.45) is 23.2 Å². The Balaban J connectivity index is 1.40. The number of rotatable bonds is 3. The topological polar surface area (TPSA) is 18.5 Å². The van der Waals surface area contributed by atoms with Crippen LogP contribution in [0.5, 0.6) is 0 Å². The molecular formula is C18H31BO2. The lowest BCUT2D eigenvalue weighted by atomic mass is 9.48. The molecule has 0 spiro atoms. The van der Waals surface area contributed by atoms with Crippen molar-refractivity contribution in [1.29, 1.82) is 0 Å². The molecule has 1 heterocycles. The molecule has 0 radical (unpaired) electrons. The minimum Gasteiger partial charge on any atom is -0.403 e. The van der Waals surface area contributed by atoms with E-state index in [1.54, 1.807) is 0 Å². The van der Waals surface area contributed by atoms with E-state index < -0.39 is 0 Å². The molecule has 4 bridgehead atoms. The molecule has 3 heteroatoms. The summed E-state index contributed by atoms with van der Waals surface area (Å²) in [7, 11) is 0.0167. The van der Waals surface area contributed by atoms with E-state index >= 15 is 0 Å². The van der Waals surface area contributed by atoms with Crippen LogP contribution in [0, 0.1) is 23.2 Å². The molecule has 2 nitrogen and oxygen atoms in total. The summed E-state index contributed by atoms with van der Waals surface area (Å²) < 4.78 is 12.4. The minimum absolute atomic E-state index is 0.0167. The number of hydrogen-bond acceptors (Lipinski definition) is 2. The van der Waals surface area contributed by atoms with Crippen molar-refractivity contribution < 1.29 is 9.31 Å². The van der Waals surface area contributed by atoms with Gasteiger partial charge in [-0.15, -0.1) is 0 Å². The van der Waals surface area contributed by atoms with Crippen molar-refractivity contribution in [3.8, 4) is 0 Å². The van der Waals surface area contributed by atoms with Gasteiger partial charge in [-0.05, 0) is 102 Å². The van der Waals surface area contributed by atoms with E-state index in [2.05, 4.69) is 27.7 Å². The van der Waals surface area contributed by atoms with E-state index in [1.165, 1.54) is 44.9 Å². The predicted molar refractivity (Wildman–Crippen MR) is 86.1 cm³/mol. The highest BCUT2D eigenvalue weighted by molar-refractivity contribution is 6.45. The summed E-state index contributed by atoms with van der Waals surface area (Å²) in [5.74, 6) is 3.15. The Morgan fingerprint density at radius 2 is 1.24 bits per heavy atom. The van der Waals surface area contributed by atoms with E-state index in [1.807, 2.05) is 0 Å². The van der Waals surface area contributed by atoms with Gasteiger partial charge in [-0.3, -0.25) is 0 Å². The molecule has 4 saturated carbocycles. The molecule has 1 saturated heterocycles. The Morgan fingerprint density at radius 3 is 1.67 bits per heavy atom. The molecule has 0 unspecified atom stereocenters. The third-order valence-electron chi connectivity index (χ3n) is 7.38. The van der Waals surface area contributed by atoms with Crippen LogP contribution in [-0.4, -0.2) is 18.3 Å². The van der Waals surface area contributed by atoms with E-state index in [-0.39, 0.29) is 18.3 Å². The third kappa shape index (κ3) is 2.39. The van der Waals surface area contributed by atoms with Crippen LogP contribution in [0.25, 0.3) is 0 Å². The molecule has 4 aliphatic carbocycles. The lowest BCUT2D eigenvalue weighted by molar-refractivity contribution is -0.0552. The van der Waals surface area contributed by atoms with Crippen molar-refractivity contribution in [2.75, 3.05) is 0 Å². The molecule has 0 aromatic heterocycles. The van der Waals surface area contributed by atoms with Gasteiger partial charge in [0.25, 0.3) is 0 Å². The van der Waals surface area contributed by atoms with Crippen molar-refractivity contribution in [3.05, 3.63) is 0 Å². The quantitative estimate of drug-likeness (QED) is 0.702. The van der Waals surface area contributed by atoms with Crippen LogP contribution in [0.3, 0.4) is 0 Å². The first-order valence-corrected chi connectivity index (χ1v) is 9.13. The van der Waals surface area contributed by atoms with Gasteiger partial charge >= 0.3 is 7.12 Å². The van der Waals surface area contributed by atoms with Crippen LogP contribution >= 0.6 is 0 Å². The van der Waals surface area contributed by atoms with Crippen molar-refractivity contribution >= 4 is 7.12 Å². The molecule has 1 aliphatic heterocycles. The molecule has 0 amide bonds. The van der Waals surface area contributed by atoms with Crippen LogP contribution in [-0.2, 0) is 9.31 Å². The van der Waals surface area contributed by atoms with E-state index in [0.29, 0.717) is 5.41 Å². The Labute approximate surface area is 130 Å². The molecule has 0 aromatic rings. The average Bonchev–Trinajstić information content (AvgIpc) is 2.54. The molecule has 0 atom stereocenters. The SMILES string of the molecule is CC1(C)OB(CCC23CC4CC(CC(C4)C2)C3)OC1(C)C. The van der Waals surface area contributed by atoms with Crippen LogP contribution in [0.2, 0.25) is 6.32 Å². The fourth-order valence-electron chi connectivity index (χ4n) is 6.10. The lowest BCUT2D eigenvalue weighted by Crippen LogP contribution is -2.46. The van der Waals surface area contributed by atoms with Crippen LogP contribution in [0.1, 0.15) is 72.6 Å². The Kier molecular flexibility index (Phi) is 3.13. The predicted octanol–water partition coefficient (Wildman–Crippen LogP) is 4.69. The summed E-state index contributed by atoms with van der Waals surface area (Å²) in [6.45, 7) is 8.66. The van der Waals surface area contributed by atoms with Crippen molar-refractivity contribution in [3.63, 3.8) is 0 Å². The third-order valence-corrected chi connectivity index (χ3v) is 7.38. The zero-order valence-corrected chi connectivity index (χ0v) is 14.3. The Bertz CT molecular complexity index is 378. The van der Waals surface area contributed by atoms with Crippen molar-refractivity contribution in [1.82, 2.24) is 0 Å². The fourth-order valence-corrected chi connectivity index (χ4v) is 6.10. The highest BCUT2D eigenvalue weighted by Crippen LogP contribution is 2.62. The summed E-state index contributed by atoms with van der Waals surface area (Å²) in [4.78, 5) is 0. The fraction of sp³-hybridized carbons (Fsp3) is 1.00. The highest BCUT2D eigenvalue weighted by atomic mass is 16.7. The zero-order chi connectivity index (χ0) is 14.9. The van der Waals surface area contributed by atoms with Crippen LogP contribution in [0.4, 0.5) is 0 Å². The largest absolute Gasteiger partial charge is 0.457 e. The maximum Gasteiger partial charge on any atom is 0.457 e. The average molecular weight is 290 g/mol. The second-order valence-electron chi connectivity index (χ2n) is 9.64. The number of hydrogen-bond donors (Lipinski definition) is 0. The van der Waals surface area contributed by atoms with Gasteiger partial charge in [0.2, 0.25) is 0 Å². The Morgan fingerprint density at radius 1 is 0.810 bits per heavy atom. The van der Waals surface area contributed by atoms with Gasteiger partial charge in [0.1, 0.15) is 0 Å². The van der Waals surface area contributed by atoms with Gasteiger partial charge in [0.05, 0.1) is 11.2 Å². The molecule has 0 aromatic carbocycles. The summed E-state index contributed by atoms with van der Waals surface area (Å²) in [5.41, 5.74) is 0.316. The standard InChI is InChI=1S/C18H31BO2/c1-16(2)17(3,4)21-19(20-16)6-5-18-10-13-7-14(11-18)9-15(8-13)12-18/h13-15H,5-12H2,1-4H3. The van der Waals surface area contributed by atoms with Gasteiger partial charge in [0.15, 0.2) is 0 Å². The van der Waals surface area contributed by atoms with E-state index in [4.69, 9.17) is 9.31 Å². The smallest absolute Gasteiger partial charge is 0.403 e. The summed E-state index contributed by atoms with van der Waals surface area (Å²) in [6.07, 6.45) is 11.5. The second-order valence-corrected chi connectivity index (χ2v) is 9.64. The van der Waals surface area contributed by atoms with Gasteiger partial charge in [-0.1, -0.05) is 0 Å². The molecular weight excluding hydrogens is 259 g/mol. The lowest BCUT2D eigenvalue weighted by Gasteiger charge is -2.57. The van der Waals surface area contributed by atoms with E-state index in [9.17, 15) is 0 Å². The molecule has 0 N–H and O–H groups in total. The highest BCUT2D eigenvalue weighted by Gasteiger charge is 2.54. The zero-order valence-electron chi connectivity index (χ0n) is 14.3. The Hall–Kier alpha value is -0.0151. The maximum atomic E-state index is 6.21.